The van der Waals surface area contributed by atoms with Gasteiger partial charge in [0.05, 0.1) is 18.1 Å². The number of phenolic OH excluding ortho intramolecular Hbond substituents is 1. The van der Waals surface area contributed by atoms with Gasteiger partial charge in [-0.3, -0.25) is 10.1 Å². The summed E-state index contributed by atoms with van der Waals surface area (Å²) in [6.07, 6.45) is 0. The molecule has 2 aromatic rings. The molecule has 0 amide bonds. The van der Waals surface area contributed by atoms with Gasteiger partial charge < -0.3 is 19.9 Å². The largest absolute Gasteiger partial charge is 0.504 e. The van der Waals surface area contributed by atoms with Crippen molar-refractivity contribution in [1.29, 1.82) is 0 Å². The molecule has 24 heavy (non-hydrogen) atoms. The summed E-state index contributed by atoms with van der Waals surface area (Å²) in [6.45, 7) is 1.19. The van der Waals surface area contributed by atoms with Crippen molar-refractivity contribution in [3.8, 4) is 17.2 Å². The summed E-state index contributed by atoms with van der Waals surface area (Å²) in [5.74, 6) is 0.687. The van der Waals surface area contributed by atoms with E-state index in [-0.39, 0.29) is 23.7 Å². The summed E-state index contributed by atoms with van der Waals surface area (Å²) in [7, 11) is 1.39. The molecule has 0 heterocycles. The van der Waals surface area contributed by atoms with Gasteiger partial charge in [-0.2, -0.15) is 0 Å². The molecule has 0 saturated heterocycles. The van der Waals surface area contributed by atoms with Gasteiger partial charge >= 0.3 is 0 Å². The van der Waals surface area contributed by atoms with Crippen LogP contribution in [0, 0.1) is 10.1 Å². The first kappa shape index (κ1) is 18.0. The topological polar surface area (TPSA) is 93.9 Å². The van der Waals surface area contributed by atoms with E-state index in [9.17, 15) is 15.2 Å². The average molecular weight is 397 g/mol. The Morgan fingerprint density at radius 2 is 2.00 bits per heavy atom. The molecule has 2 rings (SSSR count). The smallest absolute Gasteiger partial charge is 0.277 e. The minimum Gasteiger partial charge on any atom is -0.504 e. The van der Waals surface area contributed by atoms with Gasteiger partial charge in [-0.15, -0.1) is 0 Å². The number of methoxy groups -OCH3 is 1. The molecule has 7 nitrogen and oxygen atoms in total. The molecule has 0 fully saturated rings. The van der Waals surface area contributed by atoms with Gasteiger partial charge in [0.15, 0.2) is 11.5 Å². The quantitative estimate of drug-likeness (QED) is 0.404. The van der Waals surface area contributed by atoms with Gasteiger partial charge in [0, 0.05) is 23.1 Å². The molecule has 0 atom stereocenters. The highest BCUT2D eigenvalue weighted by Gasteiger charge is 2.18. The number of halogens is 1. The van der Waals surface area contributed by atoms with Gasteiger partial charge in [0.1, 0.15) is 12.4 Å². The molecule has 2 N–H and O–H groups in total. The van der Waals surface area contributed by atoms with E-state index in [0.29, 0.717) is 18.7 Å². The molecule has 0 aliphatic rings. The van der Waals surface area contributed by atoms with Crippen molar-refractivity contribution in [2.45, 2.75) is 6.54 Å². The van der Waals surface area contributed by atoms with Gasteiger partial charge in [0.25, 0.3) is 5.69 Å². The third kappa shape index (κ3) is 4.84. The molecule has 0 saturated carbocycles. The second kappa shape index (κ2) is 8.51. The van der Waals surface area contributed by atoms with E-state index < -0.39 is 4.92 Å². The Morgan fingerprint density at radius 1 is 1.29 bits per heavy atom. The van der Waals surface area contributed by atoms with Crippen LogP contribution in [-0.2, 0) is 6.54 Å². The zero-order chi connectivity index (χ0) is 17.5. The molecular formula is C16H17BrN2O5. The van der Waals surface area contributed by atoms with Crippen molar-refractivity contribution in [2.75, 3.05) is 20.3 Å². The van der Waals surface area contributed by atoms with E-state index in [1.807, 2.05) is 24.3 Å². The monoisotopic (exact) mass is 396 g/mol. The fourth-order valence-corrected chi connectivity index (χ4v) is 2.33. The van der Waals surface area contributed by atoms with Crippen LogP contribution in [-0.4, -0.2) is 30.3 Å². The predicted octanol–water partition coefficient (Wildman–Crippen LogP) is 3.24. The third-order valence-electron chi connectivity index (χ3n) is 3.25. The number of nitrogens with zero attached hydrogens (tertiary/aromatic N) is 1. The van der Waals surface area contributed by atoms with Crippen LogP contribution in [0.2, 0.25) is 0 Å². The van der Waals surface area contributed by atoms with Crippen molar-refractivity contribution >= 4 is 21.6 Å². The molecule has 0 bridgehead atoms. The Bertz CT molecular complexity index is 706. The van der Waals surface area contributed by atoms with Gasteiger partial charge in [0.2, 0.25) is 0 Å². The number of aromatic hydroxyl groups is 1. The maximum Gasteiger partial charge on any atom is 0.277 e. The number of hydrogen-bond acceptors (Lipinski definition) is 6. The van der Waals surface area contributed by atoms with Crippen molar-refractivity contribution in [3.05, 3.63) is 56.5 Å². The first-order valence-electron chi connectivity index (χ1n) is 7.14. The SMILES string of the molecule is COc1cc(CNCCOc2ccc(Br)cc2)c([N+](=O)[O-])cc1O. The summed E-state index contributed by atoms with van der Waals surface area (Å²) in [5, 5.41) is 23.8. The van der Waals surface area contributed by atoms with Crippen molar-refractivity contribution in [2.24, 2.45) is 0 Å². The number of nitro groups is 1. The second-order valence-electron chi connectivity index (χ2n) is 4.89. The van der Waals surface area contributed by atoms with Crippen LogP contribution >= 0.6 is 15.9 Å². The Morgan fingerprint density at radius 3 is 2.62 bits per heavy atom. The molecule has 0 aliphatic carbocycles. The van der Waals surface area contributed by atoms with E-state index in [1.54, 1.807) is 0 Å². The number of phenols is 1. The van der Waals surface area contributed by atoms with Crippen LogP contribution < -0.4 is 14.8 Å². The van der Waals surface area contributed by atoms with Crippen LogP contribution in [0.4, 0.5) is 5.69 Å². The van der Waals surface area contributed by atoms with Crippen LogP contribution in [0.5, 0.6) is 17.2 Å². The van der Waals surface area contributed by atoms with Gasteiger partial charge in [-0.05, 0) is 30.3 Å². The maximum atomic E-state index is 11.1. The minimum absolute atomic E-state index is 0.158. The highest BCUT2D eigenvalue weighted by molar-refractivity contribution is 9.10. The number of benzene rings is 2. The Hall–Kier alpha value is -2.32. The average Bonchev–Trinajstić information content (AvgIpc) is 2.56. The fraction of sp³-hybridized carbons (Fsp3) is 0.250. The summed E-state index contributed by atoms with van der Waals surface area (Å²) in [6, 6.07) is 10.0. The third-order valence-corrected chi connectivity index (χ3v) is 3.78. The molecule has 128 valence electrons. The van der Waals surface area contributed by atoms with Crippen molar-refractivity contribution < 1.29 is 19.5 Å². The van der Waals surface area contributed by atoms with E-state index in [1.165, 1.54) is 13.2 Å². The lowest BCUT2D eigenvalue weighted by atomic mass is 10.1. The molecular weight excluding hydrogens is 380 g/mol. The van der Waals surface area contributed by atoms with E-state index in [0.717, 1.165) is 16.3 Å². The second-order valence-corrected chi connectivity index (χ2v) is 5.80. The Balaban J connectivity index is 1.89. The summed E-state index contributed by atoms with van der Waals surface area (Å²) in [5.41, 5.74) is 0.271. The standard InChI is InChI=1S/C16H17BrN2O5/c1-23-16-8-11(14(19(21)22)9-15(16)20)10-18-6-7-24-13-4-2-12(17)3-5-13/h2-5,8-9,18,20H,6-7,10H2,1H3. The highest BCUT2D eigenvalue weighted by atomic mass is 79.9. The molecule has 8 heteroatoms. The first-order valence-corrected chi connectivity index (χ1v) is 7.94. The van der Waals surface area contributed by atoms with Crippen molar-refractivity contribution in [1.82, 2.24) is 5.32 Å². The molecule has 0 spiro atoms. The number of hydrogen-bond donors (Lipinski definition) is 2. The lowest BCUT2D eigenvalue weighted by Crippen LogP contribution is -2.21. The molecule has 2 aromatic carbocycles. The molecule has 0 aromatic heterocycles. The number of nitro benzene ring substituents is 1. The van der Waals surface area contributed by atoms with Crippen LogP contribution in [0.3, 0.4) is 0 Å². The highest BCUT2D eigenvalue weighted by Crippen LogP contribution is 2.33. The fourth-order valence-electron chi connectivity index (χ4n) is 2.07. The predicted molar refractivity (Wildman–Crippen MR) is 92.7 cm³/mol. The van der Waals surface area contributed by atoms with E-state index in [4.69, 9.17) is 9.47 Å². The normalized spacial score (nSPS) is 10.4. The summed E-state index contributed by atoms with van der Waals surface area (Å²) in [4.78, 5) is 10.5. The summed E-state index contributed by atoms with van der Waals surface area (Å²) >= 11 is 3.35. The Labute approximate surface area is 147 Å². The minimum atomic E-state index is -0.533. The number of nitrogens with one attached hydrogen (secondary N) is 1. The molecule has 0 radical (unpaired) electrons. The van der Waals surface area contributed by atoms with Gasteiger partial charge in [-0.25, -0.2) is 0 Å². The molecule has 0 unspecified atom stereocenters. The van der Waals surface area contributed by atoms with Crippen LogP contribution in [0.15, 0.2) is 40.9 Å². The van der Waals surface area contributed by atoms with Crippen LogP contribution in [0.1, 0.15) is 5.56 Å². The van der Waals surface area contributed by atoms with E-state index in [2.05, 4.69) is 21.2 Å². The zero-order valence-corrected chi connectivity index (χ0v) is 14.6. The molecule has 0 aliphatic heterocycles. The number of rotatable bonds is 8. The van der Waals surface area contributed by atoms with Crippen LogP contribution in [0.25, 0.3) is 0 Å². The van der Waals surface area contributed by atoms with Gasteiger partial charge in [-0.1, -0.05) is 15.9 Å². The lowest BCUT2D eigenvalue weighted by molar-refractivity contribution is -0.385. The number of ether oxygens (including phenoxy) is 2. The lowest BCUT2D eigenvalue weighted by Gasteiger charge is -2.10. The zero-order valence-electron chi connectivity index (χ0n) is 13.0. The Kier molecular flexibility index (Phi) is 6.39. The van der Waals surface area contributed by atoms with Crippen molar-refractivity contribution in [3.63, 3.8) is 0 Å². The summed E-state index contributed by atoms with van der Waals surface area (Å²) < 4.78 is 11.5. The van der Waals surface area contributed by atoms with E-state index >= 15 is 0 Å². The first-order chi connectivity index (χ1) is 11.5. The maximum absolute atomic E-state index is 11.1.